The quantitative estimate of drug-likeness (QED) is 0.176. The van der Waals surface area contributed by atoms with Gasteiger partial charge in [0.1, 0.15) is 11.2 Å². The number of para-hydroxylation sites is 1. The van der Waals surface area contributed by atoms with Gasteiger partial charge in [-0.1, -0.05) is 164 Å². The number of benzene rings is 9. The van der Waals surface area contributed by atoms with Gasteiger partial charge in [-0.05, 0) is 80.4 Å². The summed E-state index contributed by atoms with van der Waals surface area (Å²) in [5.41, 5.74) is 12.1. The van der Waals surface area contributed by atoms with Crippen molar-refractivity contribution in [3.63, 3.8) is 0 Å². The van der Waals surface area contributed by atoms with Crippen LogP contribution in [0.15, 0.2) is 205 Å². The molecule has 0 N–H and O–H groups in total. The average Bonchev–Trinajstić information content (AvgIpc) is 3.61. The van der Waals surface area contributed by atoms with Crippen molar-refractivity contribution in [2.45, 2.75) is 0 Å². The maximum atomic E-state index is 6.87. The van der Waals surface area contributed by atoms with Gasteiger partial charge >= 0.3 is 0 Å². The van der Waals surface area contributed by atoms with Crippen molar-refractivity contribution in [1.29, 1.82) is 0 Å². The van der Waals surface area contributed by atoms with E-state index in [2.05, 4.69) is 205 Å². The Morgan fingerprint density at radius 3 is 1.73 bits per heavy atom. The molecule has 244 valence electrons. The molecule has 0 fully saturated rings. The predicted octanol–water partition coefficient (Wildman–Crippen LogP) is 14.4. The van der Waals surface area contributed by atoms with Gasteiger partial charge in [0.25, 0.3) is 0 Å². The van der Waals surface area contributed by atoms with Crippen LogP contribution < -0.4 is 4.90 Å². The zero-order valence-corrected chi connectivity index (χ0v) is 28.4. The van der Waals surface area contributed by atoms with E-state index in [1.54, 1.807) is 0 Å². The Kier molecular flexibility index (Phi) is 7.18. The first-order chi connectivity index (χ1) is 25.8. The summed E-state index contributed by atoms with van der Waals surface area (Å²) in [4.78, 5) is 2.40. The highest BCUT2D eigenvalue weighted by Gasteiger charge is 2.24. The third-order valence-corrected chi connectivity index (χ3v) is 10.3. The Labute approximate surface area is 302 Å². The van der Waals surface area contributed by atoms with Crippen LogP contribution in [0.2, 0.25) is 0 Å². The number of nitrogens with zero attached hydrogens (tertiary/aromatic N) is 1. The van der Waals surface area contributed by atoms with Gasteiger partial charge in [0, 0.05) is 22.0 Å². The normalized spacial score (nSPS) is 11.5. The van der Waals surface area contributed by atoms with Crippen molar-refractivity contribution in [2.75, 3.05) is 4.90 Å². The Hall–Kier alpha value is -6.90. The van der Waals surface area contributed by atoms with Gasteiger partial charge in [-0.2, -0.15) is 0 Å². The van der Waals surface area contributed by atoms with Crippen LogP contribution in [0.4, 0.5) is 17.1 Å². The highest BCUT2D eigenvalue weighted by atomic mass is 16.3. The largest absolute Gasteiger partial charge is 0.455 e. The van der Waals surface area contributed by atoms with Gasteiger partial charge in [0.15, 0.2) is 0 Å². The molecule has 1 heterocycles. The van der Waals surface area contributed by atoms with Gasteiger partial charge in [-0.3, -0.25) is 0 Å². The van der Waals surface area contributed by atoms with Gasteiger partial charge in [-0.25, -0.2) is 0 Å². The number of hydrogen-bond acceptors (Lipinski definition) is 2. The minimum Gasteiger partial charge on any atom is -0.455 e. The molecule has 0 saturated carbocycles. The lowest BCUT2D eigenvalue weighted by molar-refractivity contribution is 0.672. The molecule has 0 amide bonds. The molecular formula is C50H33NO. The summed E-state index contributed by atoms with van der Waals surface area (Å²) >= 11 is 0. The predicted molar refractivity (Wildman–Crippen MR) is 220 cm³/mol. The smallest absolute Gasteiger partial charge is 0.143 e. The van der Waals surface area contributed by atoms with Crippen molar-refractivity contribution in [3.8, 4) is 33.4 Å². The van der Waals surface area contributed by atoms with Crippen LogP contribution in [0.5, 0.6) is 0 Å². The van der Waals surface area contributed by atoms with Crippen LogP contribution in [0.1, 0.15) is 0 Å². The standard InChI is InChI=1S/C50H33NO/c1-3-15-34(16-4-1)35-29-31-38(32-30-35)51(46-26-12-11-22-40(46)37-17-5-2-6-18-37)47-27-14-28-48-49(47)45-33-44(42-23-9-10-24-43(42)50(45)52-48)41-25-13-20-36-19-7-8-21-39(36)41/h1-33H. The lowest BCUT2D eigenvalue weighted by Crippen LogP contribution is -2.11. The fourth-order valence-corrected chi connectivity index (χ4v) is 7.87. The van der Waals surface area contributed by atoms with E-state index in [9.17, 15) is 0 Å². The van der Waals surface area contributed by atoms with Crippen molar-refractivity contribution in [1.82, 2.24) is 0 Å². The SMILES string of the molecule is c1ccc(-c2ccc(N(c3ccccc3-c3ccccc3)c3cccc4oc5c6ccccc6c(-c6cccc7ccccc67)cc5c34)cc2)cc1. The van der Waals surface area contributed by atoms with E-state index in [1.807, 2.05) is 0 Å². The minimum atomic E-state index is 0.857. The molecule has 2 heteroatoms. The molecule has 0 atom stereocenters. The Bertz CT molecular complexity index is 2880. The number of fused-ring (bicyclic) bond motifs is 6. The summed E-state index contributed by atoms with van der Waals surface area (Å²) in [7, 11) is 0. The molecule has 0 spiro atoms. The van der Waals surface area contributed by atoms with Crippen LogP contribution in [0.25, 0.3) is 76.9 Å². The molecule has 0 aliphatic carbocycles. The Balaban J connectivity index is 1.27. The number of rotatable bonds is 6. The van der Waals surface area contributed by atoms with E-state index in [0.29, 0.717) is 0 Å². The van der Waals surface area contributed by atoms with E-state index < -0.39 is 0 Å². The molecule has 9 aromatic carbocycles. The molecule has 10 rings (SSSR count). The van der Waals surface area contributed by atoms with E-state index in [-0.39, 0.29) is 0 Å². The van der Waals surface area contributed by atoms with Gasteiger partial charge in [-0.15, -0.1) is 0 Å². The summed E-state index contributed by atoms with van der Waals surface area (Å²) in [5, 5.41) is 6.92. The van der Waals surface area contributed by atoms with Crippen LogP contribution in [0.3, 0.4) is 0 Å². The molecule has 0 radical (unpaired) electrons. The minimum absolute atomic E-state index is 0.857. The Morgan fingerprint density at radius 1 is 0.346 bits per heavy atom. The van der Waals surface area contributed by atoms with E-state index in [0.717, 1.165) is 55.5 Å². The average molecular weight is 664 g/mol. The number of hydrogen-bond donors (Lipinski definition) is 0. The summed E-state index contributed by atoms with van der Waals surface area (Å²) in [6.45, 7) is 0. The Morgan fingerprint density at radius 2 is 0.923 bits per heavy atom. The summed E-state index contributed by atoms with van der Waals surface area (Å²) in [5.74, 6) is 0. The van der Waals surface area contributed by atoms with Crippen LogP contribution >= 0.6 is 0 Å². The van der Waals surface area contributed by atoms with Crippen LogP contribution in [-0.2, 0) is 0 Å². The first kappa shape index (κ1) is 30.0. The van der Waals surface area contributed by atoms with Crippen LogP contribution in [-0.4, -0.2) is 0 Å². The molecule has 52 heavy (non-hydrogen) atoms. The summed E-state index contributed by atoms with van der Waals surface area (Å²) in [6, 6.07) is 71.6. The molecule has 10 aromatic rings. The summed E-state index contributed by atoms with van der Waals surface area (Å²) < 4.78 is 6.87. The van der Waals surface area contributed by atoms with E-state index in [1.165, 1.54) is 38.4 Å². The fourth-order valence-electron chi connectivity index (χ4n) is 7.87. The number of furan rings is 1. The van der Waals surface area contributed by atoms with Crippen molar-refractivity contribution in [2.24, 2.45) is 0 Å². The second-order valence-corrected chi connectivity index (χ2v) is 13.3. The van der Waals surface area contributed by atoms with E-state index >= 15 is 0 Å². The maximum absolute atomic E-state index is 6.87. The molecule has 0 aliphatic heterocycles. The van der Waals surface area contributed by atoms with E-state index in [4.69, 9.17) is 4.42 Å². The third-order valence-electron chi connectivity index (χ3n) is 10.3. The molecule has 2 nitrogen and oxygen atoms in total. The topological polar surface area (TPSA) is 16.4 Å². The molecule has 0 saturated heterocycles. The summed E-state index contributed by atoms with van der Waals surface area (Å²) in [6.07, 6.45) is 0. The first-order valence-corrected chi connectivity index (χ1v) is 17.8. The highest BCUT2D eigenvalue weighted by Crippen LogP contribution is 2.48. The van der Waals surface area contributed by atoms with Gasteiger partial charge in [0.2, 0.25) is 0 Å². The van der Waals surface area contributed by atoms with Crippen LogP contribution in [0, 0.1) is 0 Å². The first-order valence-electron chi connectivity index (χ1n) is 17.8. The van der Waals surface area contributed by atoms with Crippen molar-refractivity contribution in [3.05, 3.63) is 200 Å². The van der Waals surface area contributed by atoms with Crippen molar-refractivity contribution < 1.29 is 4.42 Å². The molecule has 0 bridgehead atoms. The molecule has 1 aromatic heterocycles. The van der Waals surface area contributed by atoms with Gasteiger partial charge < -0.3 is 9.32 Å². The lowest BCUT2D eigenvalue weighted by Gasteiger charge is -2.28. The van der Waals surface area contributed by atoms with Gasteiger partial charge in [0.05, 0.1) is 16.8 Å². The lowest BCUT2D eigenvalue weighted by atomic mass is 9.92. The maximum Gasteiger partial charge on any atom is 0.143 e. The van der Waals surface area contributed by atoms with Crippen molar-refractivity contribution >= 4 is 60.5 Å². The zero-order chi connectivity index (χ0) is 34.4. The third kappa shape index (κ3) is 4.96. The number of anilines is 3. The zero-order valence-electron chi connectivity index (χ0n) is 28.4. The highest BCUT2D eigenvalue weighted by molar-refractivity contribution is 6.23. The monoisotopic (exact) mass is 663 g/mol. The second kappa shape index (κ2) is 12.5. The molecular weight excluding hydrogens is 631 g/mol. The molecule has 0 aliphatic rings. The molecule has 0 unspecified atom stereocenters. The fraction of sp³-hybridized carbons (Fsp3) is 0. The second-order valence-electron chi connectivity index (χ2n) is 13.3.